The van der Waals surface area contributed by atoms with Crippen molar-refractivity contribution < 1.29 is 18.0 Å². The van der Waals surface area contributed by atoms with Gasteiger partial charge in [-0.25, -0.2) is 13.2 Å². The van der Waals surface area contributed by atoms with Crippen LogP contribution in [0.4, 0.5) is 10.5 Å². The average Bonchev–Trinajstić information content (AvgIpc) is 2.80. The number of hydrogen-bond acceptors (Lipinski definition) is 5. The number of fused-ring (bicyclic) bond motifs is 1. The highest BCUT2D eigenvalue weighted by molar-refractivity contribution is 9.10. The van der Waals surface area contributed by atoms with E-state index in [0.717, 1.165) is 48.6 Å². The van der Waals surface area contributed by atoms with Crippen molar-refractivity contribution in [3.05, 3.63) is 64.1 Å². The molecule has 0 aliphatic heterocycles. The van der Waals surface area contributed by atoms with E-state index in [1.807, 2.05) is 29.0 Å². The number of hydrogen-bond donors (Lipinski definition) is 3. The summed E-state index contributed by atoms with van der Waals surface area (Å²) in [6.07, 6.45) is 5.63. The van der Waals surface area contributed by atoms with Gasteiger partial charge in [-0.1, -0.05) is 40.2 Å². The molecule has 1 aliphatic carbocycles. The van der Waals surface area contributed by atoms with E-state index in [2.05, 4.69) is 55.7 Å². The van der Waals surface area contributed by atoms with Crippen LogP contribution >= 0.6 is 15.9 Å². The lowest BCUT2D eigenvalue weighted by atomic mass is 9.86. The quantitative estimate of drug-likeness (QED) is 0.354. The number of rotatable bonds is 11. The third-order valence-electron chi connectivity index (χ3n) is 5.94. The number of carbonyl (C=O) groups is 2. The van der Waals surface area contributed by atoms with E-state index in [1.165, 1.54) is 11.1 Å². The molecule has 0 spiro atoms. The van der Waals surface area contributed by atoms with Gasteiger partial charge in [0.2, 0.25) is 15.9 Å². The fraction of sp³-hybridized carbons (Fsp3) is 0.440. The van der Waals surface area contributed by atoms with E-state index in [1.54, 1.807) is 0 Å². The molecule has 3 rings (SSSR count). The van der Waals surface area contributed by atoms with E-state index in [9.17, 15) is 18.0 Å². The number of anilines is 1. The molecule has 3 amide bonds. The molecule has 35 heavy (non-hydrogen) atoms. The van der Waals surface area contributed by atoms with Gasteiger partial charge in [0.05, 0.1) is 6.26 Å². The highest BCUT2D eigenvalue weighted by Gasteiger charge is 2.25. The maximum absolute atomic E-state index is 12.2. The van der Waals surface area contributed by atoms with Gasteiger partial charge in [0.15, 0.2) is 0 Å². The Morgan fingerprint density at radius 1 is 1.06 bits per heavy atom. The second-order valence-electron chi connectivity index (χ2n) is 8.79. The molecule has 0 fully saturated rings. The van der Waals surface area contributed by atoms with Crippen LogP contribution in [0.1, 0.15) is 49.3 Å². The lowest BCUT2D eigenvalue weighted by Crippen LogP contribution is -2.36. The van der Waals surface area contributed by atoms with Crippen LogP contribution in [0.25, 0.3) is 0 Å². The largest absolute Gasteiger partial charge is 0.338 e. The van der Waals surface area contributed by atoms with Gasteiger partial charge in [-0.15, -0.1) is 0 Å². The van der Waals surface area contributed by atoms with Gasteiger partial charge in [-0.05, 0) is 74.0 Å². The zero-order valence-corrected chi connectivity index (χ0v) is 22.3. The van der Waals surface area contributed by atoms with Crippen LogP contribution in [0.2, 0.25) is 0 Å². The molecule has 0 saturated heterocycles. The molecule has 0 radical (unpaired) electrons. The van der Waals surface area contributed by atoms with Crippen LogP contribution in [-0.2, 0) is 21.2 Å². The first kappa shape index (κ1) is 27.2. The third kappa shape index (κ3) is 9.27. The number of halogens is 1. The Balaban J connectivity index is 1.54. The molecule has 3 N–H and O–H groups in total. The van der Waals surface area contributed by atoms with E-state index < -0.39 is 15.9 Å². The van der Waals surface area contributed by atoms with Gasteiger partial charge in [-0.2, -0.15) is 0 Å². The second-order valence-corrected chi connectivity index (χ2v) is 11.4. The molecule has 1 unspecified atom stereocenters. The fourth-order valence-electron chi connectivity index (χ4n) is 4.42. The Morgan fingerprint density at radius 2 is 1.77 bits per heavy atom. The van der Waals surface area contributed by atoms with Gasteiger partial charge < -0.3 is 10.6 Å². The van der Waals surface area contributed by atoms with E-state index in [-0.39, 0.29) is 18.5 Å². The second kappa shape index (κ2) is 13.0. The predicted molar refractivity (Wildman–Crippen MR) is 142 cm³/mol. The van der Waals surface area contributed by atoms with Crippen molar-refractivity contribution in [1.29, 1.82) is 0 Å². The summed E-state index contributed by atoms with van der Waals surface area (Å²) in [5, 5.41) is 5.72. The predicted octanol–water partition coefficient (Wildman–Crippen LogP) is 4.20. The minimum atomic E-state index is -3.55. The molecule has 1 aliphatic rings. The summed E-state index contributed by atoms with van der Waals surface area (Å²) in [5.41, 5.74) is 3.40. The first-order valence-corrected chi connectivity index (χ1v) is 14.5. The van der Waals surface area contributed by atoms with Gasteiger partial charge in [0, 0.05) is 35.7 Å². The molecule has 0 bridgehead atoms. The summed E-state index contributed by atoms with van der Waals surface area (Å²) in [7, 11) is -3.55. The molecule has 190 valence electrons. The maximum atomic E-state index is 12.2. The molecule has 10 heteroatoms. The van der Waals surface area contributed by atoms with Crippen molar-refractivity contribution in [2.24, 2.45) is 0 Å². The molecular weight excluding hydrogens is 532 g/mol. The summed E-state index contributed by atoms with van der Waals surface area (Å²) in [6.45, 7) is 1.94. The van der Waals surface area contributed by atoms with Crippen molar-refractivity contribution in [2.45, 2.75) is 44.6 Å². The Bertz CT molecular complexity index is 1110. The number of benzene rings is 2. The van der Waals surface area contributed by atoms with Crippen molar-refractivity contribution in [2.75, 3.05) is 31.2 Å². The van der Waals surface area contributed by atoms with Crippen LogP contribution in [0.5, 0.6) is 0 Å². The van der Waals surface area contributed by atoms with Crippen LogP contribution in [0, 0.1) is 0 Å². The van der Waals surface area contributed by atoms with Crippen molar-refractivity contribution in [3.63, 3.8) is 0 Å². The molecular formula is C25H33BrN4O4S. The summed E-state index contributed by atoms with van der Waals surface area (Å²) in [6, 6.07) is 15.8. The van der Waals surface area contributed by atoms with Gasteiger partial charge in [0.1, 0.15) is 0 Å². The maximum Gasteiger partial charge on any atom is 0.319 e. The number of carbonyl (C=O) groups excluding carboxylic acids is 2. The van der Waals surface area contributed by atoms with E-state index >= 15 is 0 Å². The Kier molecular flexibility index (Phi) is 10.1. The first-order chi connectivity index (χ1) is 16.7. The van der Waals surface area contributed by atoms with Gasteiger partial charge in [0.25, 0.3) is 0 Å². The number of aryl methyl sites for hydroxylation is 1. The molecule has 0 heterocycles. The SMILES string of the molecule is CS(=O)(=O)NC(=O)CCCN(CCCNC(=O)Nc1ccc(Br)cc1)C1CCCc2ccccc21. The standard InChI is InChI=1S/C25H33BrN4O4S/c1-35(33,34)29-24(31)11-5-17-30(23-10-4-8-19-7-2-3-9-22(19)23)18-6-16-27-25(32)28-21-14-12-20(26)13-15-21/h2-3,7,9,12-15,23H,4-6,8,10-11,16-18H2,1H3,(H,29,31)(H2,27,28,32). The third-order valence-corrected chi connectivity index (χ3v) is 7.06. The van der Waals surface area contributed by atoms with Crippen LogP contribution < -0.4 is 15.4 Å². The van der Waals surface area contributed by atoms with Crippen molar-refractivity contribution in [1.82, 2.24) is 14.9 Å². The van der Waals surface area contributed by atoms with Crippen molar-refractivity contribution in [3.8, 4) is 0 Å². The molecule has 8 nitrogen and oxygen atoms in total. The molecule has 0 aromatic heterocycles. The van der Waals surface area contributed by atoms with Gasteiger partial charge >= 0.3 is 6.03 Å². The lowest BCUT2D eigenvalue weighted by Gasteiger charge is -2.36. The van der Waals surface area contributed by atoms with E-state index in [4.69, 9.17) is 0 Å². The minimum absolute atomic E-state index is 0.145. The summed E-state index contributed by atoms with van der Waals surface area (Å²) < 4.78 is 25.6. The summed E-state index contributed by atoms with van der Waals surface area (Å²) in [4.78, 5) is 26.5. The van der Waals surface area contributed by atoms with Gasteiger partial charge in [-0.3, -0.25) is 14.4 Å². The highest BCUT2D eigenvalue weighted by atomic mass is 79.9. The molecule has 0 saturated carbocycles. The Labute approximate surface area is 216 Å². The average molecular weight is 566 g/mol. The van der Waals surface area contributed by atoms with Crippen LogP contribution in [-0.4, -0.2) is 51.1 Å². The fourth-order valence-corrected chi connectivity index (χ4v) is 5.20. The van der Waals surface area contributed by atoms with Crippen LogP contribution in [0.3, 0.4) is 0 Å². The first-order valence-electron chi connectivity index (χ1n) is 11.8. The van der Waals surface area contributed by atoms with Crippen molar-refractivity contribution >= 4 is 43.6 Å². The number of nitrogens with zero attached hydrogens (tertiary/aromatic N) is 1. The summed E-state index contributed by atoms with van der Waals surface area (Å²) in [5.74, 6) is -0.484. The molecule has 1 atom stereocenters. The Morgan fingerprint density at radius 3 is 2.51 bits per heavy atom. The monoisotopic (exact) mass is 564 g/mol. The normalized spacial score (nSPS) is 15.3. The smallest absolute Gasteiger partial charge is 0.319 e. The zero-order valence-electron chi connectivity index (χ0n) is 19.9. The number of nitrogens with one attached hydrogen (secondary N) is 3. The zero-order chi connectivity index (χ0) is 25.3. The van der Waals surface area contributed by atoms with Crippen LogP contribution in [0.15, 0.2) is 53.0 Å². The number of amides is 3. The topological polar surface area (TPSA) is 108 Å². The highest BCUT2D eigenvalue weighted by Crippen LogP contribution is 2.34. The Hall–Kier alpha value is -2.43. The number of sulfonamides is 1. The lowest BCUT2D eigenvalue weighted by molar-refractivity contribution is -0.119. The molecule has 2 aromatic carbocycles. The summed E-state index contributed by atoms with van der Waals surface area (Å²) >= 11 is 3.38. The van der Waals surface area contributed by atoms with E-state index in [0.29, 0.717) is 19.5 Å². The number of urea groups is 1. The minimum Gasteiger partial charge on any atom is -0.338 e. The molecule has 2 aromatic rings.